The Morgan fingerprint density at radius 1 is 1.20 bits per heavy atom. The first-order valence-corrected chi connectivity index (χ1v) is 9.71. The third-order valence-electron chi connectivity index (χ3n) is 6.02. The standard InChI is InChI=1S/C21H28N2O2/c1-2-22-21(24)14-23-19-6-4-3-5-17(19)18-13-16(7-8-20(18)23)15-9-11-25-12-10-15/h3-6,15-16H,2,7-14H2,1H3,(H,22,24). The number of para-hydroxylation sites is 1. The lowest BCUT2D eigenvalue weighted by atomic mass is 9.75. The van der Waals surface area contributed by atoms with Gasteiger partial charge in [0, 0.05) is 36.4 Å². The molecule has 1 atom stereocenters. The van der Waals surface area contributed by atoms with Crippen molar-refractivity contribution in [2.45, 2.75) is 45.6 Å². The summed E-state index contributed by atoms with van der Waals surface area (Å²) >= 11 is 0. The van der Waals surface area contributed by atoms with Crippen molar-refractivity contribution in [1.29, 1.82) is 0 Å². The molecule has 2 aliphatic rings. The van der Waals surface area contributed by atoms with Gasteiger partial charge < -0.3 is 14.6 Å². The Kier molecular flexibility index (Phi) is 4.80. The zero-order valence-electron chi connectivity index (χ0n) is 15.1. The second-order valence-corrected chi connectivity index (χ2v) is 7.43. The topological polar surface area (TPSA) is 43.3 Å². The highest BCUT2D eigenvalue weighted by molar-refractivity contribution is 5.88. The van der Waals surface area contributed by atoms with Gasteiger partial charge in [0.25, 0.3) is 0 Å². The number of hydrogen-bond acceptors (Lipinski definition) is 2. The van der Waals surface area contributed by atoms with Gasteiger partial charge in [-0.3, -0.25) is 4.79 Å². The molecule has 4 nitrogen and oxygen atoms in total. The predicted molar refractivity (Wildman–Crippen MR) is 99.7 cm³/mol. The molecular formula is C21H28N2O2. The number of fused-ring (bicyclic) bond motifs is 3. The highest BCUT2D eigenvalue weighted by Crippen LogP contribution is 2.39. The molecule has 1 aromatic heterocycles. The fraction of sp³-hybridized carbons (Fsp3) is 0.571. The highest BCUT2D eigenvalue weighted by Gasteiger charge is 2.31. The Hall–Kier alpha value is -1.81. The number of likely N-dealkylation sites (N-methyl/N-ethyl adjacent to an activating group) is 1. The number of benzene rings is 1. The van der Waals surface area contributed by atoms with Crippen LogP contribution in [0.15, 0.2) is 24.3 Å². The lowest BCUT2D eigenvalue weighted by Crippen LogP contribution is -2.30. The Balaban J connectivity index is 1.66. The largest absolute Gasteiger partial charge is 0.381 e. The monoisotopic (exact) mass is 340 g/mol. The third kappa shape index (κ3) is 3.20. The SMILES string of the molecule is CCNC(=O)Cn1c2c(c3ccccc31)CC(C1CCOCC1)CC2. The molecule has 25 heavy (non-hydrogen) atoms. The molecule has 1 aromatic carbocycles. The van der Waals surface area contributed by atoms with Crippen LogP contribution in [0.1, 0.15) is 37.4 Å². The van der Waals surface area contributed by atoms with Gasteiger partial charge in [0.2, 0.25) is 5.91 Å². The number of carbonyl (C=O) groups excluding carboxylic acids is 1. The van der Waals surface area contributed by atoms with E-state index in [0.717, 1.165) is 37.9 Å². The van der Waals surface area contributed by atoms with E-state index in [0.29, 0.717) is 13.1 Å². The number of rotatable bonds is 4. The molecular weight excluding hydrogens is 312 g/mol. The van der Waals surface area contributed by atoms with E-state index >= 15 is 0 Å². The molecule has 1 unspecified atom stereocenters. The minimum atomic E-state index is 0.109. The average molecular weight is 340 g/mol. The van der Waals surface area contributed by atoms with Crippen molar-refractivity contribution >= 4 is 16.8 Å². The molecule has 1 N–H and O–H groups in total. The van der Waals surface area contributed by atoms with Crippen LogP contribution in [0.25, 0.3) is 10.9 Å². The van der Waals surface area contributed by atoms with Crippen molar-refractivity contribution in [3.05, 3.63) is 35.5 Å². The number of nitrogens with one attached hydrogen (secondary N) is 1. The fourth-order valence-corrected chi connectivity index (χ4v) is 4.79. The molecule has 0 radical (unpaired) electrons. The number of carbonyl (C=O) groups is 1. The maximum Gasteiger partial charge on any atom is 0.239 e. The zero-order valence-corrected chi connectivity index (χ0v) is 15.1. The van der Waals surface area contributed by atoms with E-state index in [2.05, 4.69) is 34.1 Å². The predicted octanol–water partition coefficient (Wildman–Crippen LogP) is 3.31. The average Bonchev–Trinajstić information content (AvgIpc) is 2.96. The van der Waals surface area contributed by atoms with Crippen LogP contribution < -0.4 is 5.32 Å². The summed E-state index contributed by atoms with van der Waals surface area (Å²) in [5, 5.41) is 4.29. The third-order valence-corrected chi connectivity index (χ3v) is 6.02. The Morgan fingerprint density at radius 2 is 2.00 bits per heavy atom. The van der Waals surface area contributed by atoms with Crippen LogP contribution in [0.4, 0.5) is 0 Å². The van der Waals surface area contributed by atoms with Crippen molar-refractivity contribution < 1.29 is 9.53 Å². The molecule has 0 spiro atoms. The molecule has 134 valence electrons. The fourth-order valence-electron chi connectivity index (χ4n) is 4.79. The van der Waals surface area contributed by atoms with Crippen LogP contribution in [0.3, 0.4) is 0 Å². The number of ether oxygens (including phenoxy) is 1. The maximum absolute atomic E-state index is 12.2. The molecule has 1 aliphatic heterocycles. The summed E-state index contributed by atoms with van der Waals surface area (Å²) in [6, 6.07) is 8.60. The number of nitrogens with zero attached hydrogens (tertiary/aromatic N) is 1. The first-order chi connectivity index (χ1) is 12.3. The minimum Gasteiger partial charge on any atom is -0.381 e. The van der Waals surface area contributed by atoms with Gasteiger partial charge in [0.15, 0.2) is 0 Å². The van der Waals surface area contributed by atoms with Crippen LogP contribution in [0, 0.1) is 11.8 Å². The van der Waals surface area contributed by atoms with Crippen molar-refractivity contribution in [3.8, 4) is 0 Å². The number of amides is 1. The Labute approximate surface area is 149 Å². The van der Waals surface area contributed by atoms with E-state index in [-0.39, 0.29) is 5.91 Å². The van der Waals surface area contributed by atoms with E-state index < -0.39 is 0 Å². The van der Waals surface area contributed by atoms with Crippen LogP contribution >= 0.6 is 0 Å². The van der Waals surface area contributed by atoms with Gasteiger partial charge in [-0.25, -0.2) is 0 Å². The molecule has 0 saturated carbocycles. The maximum atomic E-state index is 12.2. The summed E-state index contributed by atoms with van der Waals surface area (Å²) in [6.07, 6.45) is 5.90. The molecule has 4 heteroatoms. The van der Waals surface area contributed by atoms with Crippen LogP contribution in [0.5, 0.6) is 0 Å². The van der Waals surface area contributed by atoms with Gasteiger partial charge >= 0.3 is 0 Å². The van der Waals surface area contributed by atoms with Crippen molar-refractivity contribution in [2.75, 3.05) is 19.8 Å². The molecule has 2 aromatic rings. The summed E-state index contributed by atoms with van der Waals surface area (Å²) < 4.78 is 7.81. The van der Waals surface area contributed by atoms with E-state index in [1.807, 2.05) is 6.92 Å². The van der Waals surface area contributed by atoms with Gasteiger partial charge in [0.05, 0.1) is 0 Å². The second-order valence-electron chi connectivity index (χ2n) is 7.43. The molecule has 2 heterocycles. The number of hydrogen-bond donors (Lipinski definition) is 1. The molecule has 4 rings (SSSR count). The normalized spacial score (nSPS) is 21.2. The van der Waals surface area contributed by atoms with Crippen LogP contribution in [-0.4, -0.2) is 30.2 Å². The quantitative estimate of drug-likeness (QED) is 0.928. The molecule has 1 aliphatic carbocycles. The molecule has 1 fully saturated rings. The van der Waals surface area contributed by atoms with E-state index in [1.54, 1.807) is 0 Å². The summed E-state index contributed by atoms with van der Waals surface area (Å²) in [5.41, 5.74) is 4.09. The lowest BCUT2D eigenvalue weighted by molar-refractivity contribution is -0.121. The second kappa shape index (κ2) is 7.20. The van der Waals surface area contributed by atoms with Gasteiger partial charge in [0.1, 0.15) is 6.54 Å². The lowest BCUT2D eigenvalue weighted by Gasteiger charge is -2.33. The van der Waals surface area contributed by atoms with Gasteiger partial charge in [-0.1, -0.05) is 18.2 Å². The summed E-state index contributed by atoms with van der Waals surface area (Å²) in [5.74, 6) is 1.67. The summed E-state index contributed by atoms with van der Waals surface area (Å²) in [4.78, 5) is 12.2. The van der Waals surface area contributed by atoms with Crippen LogP contribution in [-0.2, 0) is 28.9 Å². The van der Waals surface area contributed by atoms with E-state index in [4.69, 9.17) is 4.74 Å². The van der Waals surface area contributed by atoms with Crippen molar-refractivity contribution in [3.63, 3.8) is 0 Å². The summed E-state index contributed by atoms with van der Waals surface area (Å²) in [6.45, 7) is 4.94. The van der Waals surface area contributed by atoms with Gasteiger partial charge in [-0.2, -0.15) is 0 Å². The first-order valence-electron chi connectivity index (χ1n) is 9.71. The molecule has 1 amide bonds. The molecule has 1 saturated heterocycles. The first kappa shape index (κ1) is 16.6. The minimum absolute atomic E-state index is 0.109. The van der Waals surface area contributed by atoms with Crippen LogP contribution in [0.2, 0.25) is 0 Å². The zero-order chi connectivity index (χ0) is 17.2. The summed E-state index contributed by atoms with van der Waals surface area (Å²) in [7, 11) is 0. The van der Waals surface area contributed by atoms with Crippen molar-refractivity contribution in [1.82, 2.24) is 9.88 Å². The van der Waals surface area contributed by atoms with E-state index in [1.165, 1.54) is 41.4 Å². The Morgan fingerprint density at radius 3 is 2.80 bits per heavy atom. The van der Waals surface area contributed by atoms with E-state index in [9.17, 15) is 4.79 Å². The smallest absolute Gasteiger partial charge is 0.239 e. The molecule has 0 bridgehead atoms. The Bertz CT molecular complexity index is 759. The van der Waals surface area contributed by atoms with Gasteiger partial charge in [-0.05, 0) is 62.5 Å². The van der Waals surface area contributed by atoms with Gasteiger partial charge in [-0.15, -0.1) is 0 Å². The number of aromatic nitrogens is 1. The highest BCUT2D eigenvalue weighted by atomic mass is 16.5. The van der Waals surface area contributed by atoms with Crippen molar-refractivity contribution in [2.24, 2.45) is 11.8 Å².